The summed E-state index contributed by atoms with van der Waals surface area (Å²) in [6.07, 6.45) is 0.948. The highest BCUT2D eigenvalue weighted by molar-refractivity contribution is 7.91. The first-order valence-electron chi connectivity index (χ1n) is 5.70. The fourth-order valence-corrected chi connectivity index (χ4v) is 3.03. The summed E-state index contributed by atoms with van der Waals surface area (Å²) in [5.41, 5.74) is 5.73. The summed E-state index contributed by atoms with van der Waals surface area (Å²) in [7, 11) is -1.44. The molecule has 6 nitrogen and oxygen atoms in total. The van der Waals surface area contributed by atoms with Crippen molar-refractivity contribution in [3.63, 3.8) is 0 Å². The van der Waals surface area contributed by atoms with Gasteiger partial charge >= 0.3 is 0 Å². The van der Waals surface area contributed by atoms with E-state index in [9.17, 15) is 13.2 Å². The number of amides is 1. The molecular weight excluding hydrogens is 244 g/mol. The molecule has 1 rings (SSSR count). The maximum atomic E-state index is 11.9. The molecule has 1 amide bonds. The first-order valence-corrected chi connectivity index (χ1v) is 7.52. The Hall–Kier alpha value is -0.660. The topological polar surface area (TPSA) is 89.7 Å². The van der Waals surface area contributed by atoms with Gasteiger partial charge in [0.05, 0.1) is 17.5 Å². The van der Waals surface area contributed by atoms with E-state index in [1.807, 2.05) is 0 Å². The summed E-state index contributed by atoms with van der Waals surface area (Å²) in [6.45, 7) is 1.15. The quantitative estimate of drug-likeness (QED) is 0.703. The molecule has 1 aliphatic rings. The predicted octanol–water partition coefficient (Wildman–Crippen LogP) is -1.00. The number of ether oxygens (including phenoxy) is 1. The zero-order chi connectivity index (χ0) is 12.9. The Bertz CT molecular complexity index is 355. The van der Waals surface area contributed by atoms with Gasteiger partial charge in [0.25, 0.3) is 0 Å². The maximum Gasteiger partial charge on any atom is 0.239 e. The van der Waals surface area contributed by atoms with Crippen LogP contribution in [0.3, 0.4) is 0 Å². The number of carbonyl (C=O) groups is 1. The molecule has 1 aliphatic heterocycles. The van der Waals surface area contributed by atoms with Crippen LogP contribution in [0.25, 0.3) is 0 Å². The lowest BCUT2D eigenvalue weighted by atomic mass is 10.2. The zero-order valence-corrected chi connectivity index (χ0v) is 10.9. The molecule has 0 spiro atoms. The van der Waals surface area contributed by atoms with Gasteiger partial charge in [-0.2, -0.15) is 0 Å². The number of hydrogen-bond donors (Lipinski definition) is 1. The van der Waals surface area contributed by atoms with E-state index in [4.69, 9.17) is 10.5 Å². The van der Waals surface area contributed by atoms with E-state index >= 15 is 0 Å². The predicted molar refractivity (Wildman–Crippen MR) is 64.3 cm³/mol. The lowest BCUT2D eigenvalue weighted by molar-refractivity contribution is -0.132. The van der Waals surface area contributed by atoms with Crippen LogP contribution in [0.1, 0.15) is 12.8 Å². The summed E-state index contributed by atoms with van der Waals surface area (Å²) in [4.78, 5) is 13.5. The number of nitrogens with zero attached hydrogens (tertiary/aromatic N) is 1. The highest BCUT2D eigenvalue weighted by Crippen LogP contribution is 2.07. The Morgan fingerprint density at radius 2 is 2.12 bits per heavy atom. The van der Waals surface area contributed by atoms with Gasteiger partial charge < -0.3 is 15.4 Å². The molecule has 0 aliphatic carbocycles. The van der Waals surface area contributed by atoms with E-state index in [0.717, 1.165) is 0 Å². The van der Waals surface area contributed by atoms with Crippen molar-refractivity contribution >= 4 is 15.7 Å². The van der Waals surface area contributed by atoms with Gasteiger partial charge in [0.1, 0.15) is 0 Å². The molecule has 100 valence electrons. The molecular formula is C10H20N2O4S. The second kappa shape index (κ2) is 6.32. The van der Waals surface area contributed by atoms with Gasteiger partial charge in [0.15, 0.2) is 9.84 Å². The number of sulfone groups is 1. The minimum absolute atomic E-state index is 0.0374. The monoisotopic (exact) mass is 264 g/mol. The summed E-state index contributed by atoms with van der Waals surface area (Å²) in [6, 6.07) is -0.601. The second-order valence-corrected chi connectivity index (χ2v) is 6.52. The average Bonchev–Trinajstić information content (AvgIpc) is 2.46. The van der Waals surface area contributed by atoms with Crippen LogP contribution >= 0.6 is 0 Å². The SMILES string of the molecule is COCCC(N)C(=O)N1CCCS(=O)(=O)CC1. The van der Waals surface area contributed by atoms with Gasteiger partial charge in [0.2, 0.25) is 5.91 Å². The smallest absolute Gasteiger partial charge is 0.239 e. The molecule has 0 bridgehead atoms. The molecule has 1 saturated heterocycles. The van der Waals surface area contributed by atoms with E-state index in [0.29, 0.717) is 26.0 Å². The summed E-state index contributed by atoms with van der Waals surface area (Å²) in [5.74, 6) is 0.0129. The van der Waals surface area contributed by atoms with Gasteiger partial charge in [-0.3, -0.25) is 4.79 Å². The Morgan fingerprint density at radius 3 is 2.76 bits per heavy atom. The fourth-order valence-electron chi connectivity index (χ4n) is 1.76. The lowest BCUT2D eigenvalue weighted by Crippen LogP contribution is -2.45. The summed E-state index contributed by atoms with van der Waals surface area (Å²) in [5, 5.41) is 0. The minimum Gasteiger partial charge on any atom is -0.385 e. The Labute approximate surface area is 102 Å². The van der Waals surface area contributed by atoms with E-state index in [1.54, 1.807) is 12.0 Å². The fraction of sp³-hybridized carbons (Fsp3) is 0.900. The van der Waals surface area contributed by atoms with Gasteiger partial charge in [-0.1, -0.05) is 0 Å². The van der Waals surface area contributed by atoms with E-state index in [2.05, 4.69) is 0 Å². The van der Waals surface area contributed by atoms with Crippen molar-refractivity contribution in [1.82, 2.24) is 4.90 Å². The molecule has 1 atom stereocenters. The molecule has 7 heteroatoms. The largest absolute Gasteiger partial charge is 0.385 e. The van der Waals surface area contributed by atoms with Crippen molar-refractivity contribution in [2.45, 2.75) is 18.9 Å². The van der Waals surface area contributed by atoms with Crippen molar-refractivity contribution in [2.24, 2.45) is 5.73 Å². The lowest BCUT2D eigenvalue weighted by Gasteiger charge is -2.23. The molecule has 0 aromatic rings. The van der Waals surface area contributed by atoms with E-state index in [-0.39, 0.29) is 24.0 Å². The van der Waals surface area contributed by atoms with Crippen LogP contribution in [0.15, 0.2) is 0 Å². The van der Waals surface area contributed by atoms with Crippen LogP contribution in [-0.4, -0.2) is 63.6 Å². The first kappa shape index (κ1) is 14.4. The van der Waals surface area contributed by atoms with Gasteiger partial charge in [-0.05, 0) is 12.8 Å². The highest BCUT2D eigenvalue weighted by atomic mass is 32.2. The minimum atomic E-state index is -2.99. The maximum absolute atomic E-state index is 11.9. The van der Waals surface area contributed by atoms with Gasteiger partial charge in [-0.15, -0.1) is 0 Å². The Kier molecular flexibility index (Phi) is 5.35. The van der Waals surface area contributed by atoms with Crippen molar-refractivity contribution in [1.29, 1.82) is 0 Å². The van der Waals surface area contributed by atoms with Gasteiger partial charge in [0, 0.05) is 26.8 Å². The summed E-state index contributed by atoms with van der Waals surface area (Å²) >= 11 is 0. The normalized spacial score (nSPS) is 21.9. The second-order valence-electron chi connectivity index (χ2n) is 4.22. The third kappa shape index (κ3) is 4.61. The Balaban J connectivity index is 2.52. The summed E-state index contributed by atoms with van der Waals surface area (Å²) < 4.78 is 27.6. The standard InChI is InChI=1S/C10H20N2O4S/c1-16-6-3-9(11)10(13)12-4-2-7-17(14,15)8-5-12/h9H,2-8,11H2,1H3. The van der Waals surface area contributed by atoms with Crippen LogP contribution in [0, 0.1) is 0 Å². The highest BCUT2D eigenvalue weighted by Gasteiger charge is 2.25. The van der Waals surface area contributed by atoms with Crippen molar-refractivity contribution < 1.29 is 17.9 Å². The first-order chi connectivity index (χ1) is 7.96. The van der Waals surface area contributed by atoms with E-state index in [1.165, 1.54) is 0 Å². The van der Waals surface area contributed by atoms with Crippen molar-refractivity contribution in [3.8, 4) is 0 Å². The van der Waals surface area contributed by atoms with Crippen LogP contribution in [0.4, 0.5) is 0 Å². The third-order valence-corrected chi connectivity index (χ3v) is 4.53. The van der Waals surface area contributed by atoms with Crippen LogP contribution < -0.4 is 5.73 Å². The van der Waals surface area contributed by atoms with Crippen molar-refractivity contribution in [2.75, 3.05) is 38.3 Å². The van der Waals surface area contributed by atoms with Crippen LogP contribution in [0.2, 0.25) is 0 Å². The molecule has 1 fully saturated rings. The number of nitrogens with two attached hydrogens (primary N) is 1. The van der Waals surface area contributed by atoms with Crippen LogP contribution in [-0.2, 0) is 19.4 Å². The molecule has 0 aromatic heterocycles. The Morgan fingerprint density at radius 1 is 1.41 bits per heavy atom. The molecule has 0 saturated carbocycles. The molecule has 17 heavy (non-hydrogen) atoms. The van der Waals surface area contributed by atoms with Crippen molar-refractivity contribution in [3.05, 3.63) is 0 Å². The molecule has 0 radical (unpaired) electrons. The zero-order valence-electron chi connectivity index (χ0n) is 10.1. The molecule has 2 N–H and O–H groups in total. The van der Waals surface area contributed by atoms with Crippen LogP contribution in [0.5, 0.6) is 0 Å². The molecule has 0 aromatic carbocycles. The van der Waals surface area contributed by atoms with E-state index < -0.39 is 15.9 Å². The molecule has 1 unspecified atom stereocenters. The third-order valence-electron chi connectivity index (χ3n) is 2.82. The van der Waals surface area contributed by atoms with Gasteiger partial charge in [-0.25, -0.2) is 8.42 Å². The number of carbonyl (C=O) groups excluding carboxylic acids is 1. The molecule has 1 heterocycles. The number of methoxy groups -OCH3 is 1. The number of hydrogen-bond acceptors (Lipinski definition) is 5. The number of rotatable bonds is 4. The average molecular weight is 264 g/mol.